The lowest BCUT2D eigenvalue weighted by molar-refractivity contribution is 1.10. The number of pyridine rings is 1. The van der Waals surface area contributed by atoms with E-state index in [0.717, 1.165) is 28.7 Å². The molecule has 2 rings (SSSR count). The van der Waals surface area contributed by atoms with Gasteiger partial charge in [0, 0.05) is 11.9 Å². The molecule has 1 aromatic carbocycles. The third-order valence-electron chi connectivity index (χ3n) is 3.26. The Morgan fingerprint density at radius 3 is 2.85 bits per heavy atom. The largest absolute Gasteiger partial charge is 0.374 e. The average Bonchev–Trinajstić information content (AvgIpc) is 2.48. The summed E-state index contributed by atoms with van der Waals surface area (Å²) in [5.41, 5.74) is 5.65. The van der Waals surface area contributed by atoms with Gasteiger partial charge in [-0.15, -0.1) is 11.8 Å². The van der Waals surface area contributed by atoms with Crippen LogP contribution in [0.15, 0.2) is 41.5 Å². The maximum Gasteiger partial charge on any atom is 0.0853 e. The summed E-state index contributed by atoms with van der Waals surface area (Å²) >= 11 is 1.81. The Kier molecular flexibility index (Phi) is 5.18. The highest BCUT2D eigenvalue weighted by Crippen LogP contribution is 2.24. The summed E-state index contributed by atoms with van der Waals surface area (Å²) in [6.07, 6.45) is 1.88. The van der Waals surface area contributed by atoms with E-state index in [1.54, 1.807) is 0 Å². The lowest BCUT2D eigenvalue weighted by atomic mass is 10.1. The molecule has 0 aliphatic carbocycles. The van der Waals surface area contributed by atoms with Crippen LogP contribution in [0.2, 0.25) is 0 Å². The van der Waals surface area contributed by atoms with Crippen LogP contribution >= 0.6 is 11.8 Å². The predicted octanol–water partition coefficient (Wildman–Crippen LogP) is 4.33. The molecule has 104 valence electrons. The van der Waals surface area contributed by atoms with Gasteiger partial charge in [0.2, 0.25) is 0 Å². The highest BCUT2D eigenvalue weighted by Gasteiger charge is 2.03. The van der Waals surface area contributed by atoms with Crippen LogP contribution in [0.25, 0.3) is 0 Å². The Morgan fingerprint density at radius 1 is 1.25 bits per heavy atom. The smallest absolute Gasteiger partial charge is 0.0853 e. The zero-order valence-electron chi connectivity index (χ0n) is 11.9. The van der Waals surface area contributed by atoms with Gasteiger partial charge in [-0.1, -0.05) is 12.1 Å². The van der Waals surface area contributed by atoms with Gasteiger partial charge in [-0.05, 0) is 49.9 Å². The van der Waals surface area contributed by atoms with Gasteiger partial charge in [-0.2, -0.15) is 0 Å². The molecule has 0 bridgehead atoms. The normalized spacial score (nSPS) is 10.3. The van der Waals surface area contributed by atoms with E-state index in [1.807, 2.05) is 48.3 Å². The molecule has 0 aliphatic rings. The van der Waals surface area contributed by atoms with E-state index >= 15 is 0 Å². The Balaban J connectivity index is 1.88. The predicted molar refractivity (Wildman–Crippen MR) is 89.1 cm³/mol. The summed E-state index contributed by atoms with van der Waals surface area (Å²) in [5.74, 6) is 1.73. The minimum Gasteiger partial charge on any atom is -0.374 e. The van der Waals surface area contributed by atoms with Crippen molar-refractivity contribution in [2.24, 2.45) is 4.99 Å². The van der Waals surface area contributed by atoms with Crippen LogP contribution in [0.4, 0.5) is 11.4 Å². The first-order valence-electron chi connectivity index (χ1n) is 6.51. The fourth-order valence-electron chi connectivity index (χ4n) is 1.87. The van der Waals surface area contributed by atoms with Crippen LogP contribution in [-0.2, 0) is 5.75 Å². The van der Waals surface area contributed by atoms with Crippen LogP contribution in [-0.4, -0.2) is 17.6 Å². The quantitative estimate of drug-likeness (QED) is 0.487. The van der Waals surface area contributed by atoms with Crippen LogP contribution in [0.3, 0.4) is 0 Å². The number of anilines is 1. The van der Waals surface area contributed by atoms with Crippen molar-refractivity contribution in [1.82, 2.24) is 4.98 Å². The molecule has 20 heavy (non-hydrogen) atoms. The number of aryl methyl sites for hydroxylation is 1. The van der Waals surface area contributed by atoms with Crippen LogP contribution in [0, 0.1) is 13.8 Å². The second-order valence-corrected chi connectivity index (χ2v) is 5.53. The summed E-state index contributed by atoms with van der Waals surface area (Å²) in [7, 11) is 0. The zero-order chi connectivity index (χ0) is 14.4. The maximum absolute atomic E-state index is 4.44. The van der Waals surface area contributed by atoms with E-state index in [1.165, 1.54) is 11.1 Å². The van der Waals surface area contributed by atoms with E-state index in [2.05, 4.69) is 35.9 Å². The van der Waals surface area contributed by atoms with Crippen molar-refractivity contribution in [3.8, 4) is 0 Å². The first kappa shape index (κ1) is 14.6. The molecular formula is C16H19N3S. The number of aliphatic imine (C=N–C) groups is 1. The van der Waals surface area contributed by atoms with Crippen molar-refractivity contribution in [2.75, 3.05) is 11.2 Å². The number of para-hydroxylation sites is 2. The first-order valence-corrected chi connectivity index (χ1v) is 7.66. The fraction of sp³-hybridized carbons (Fsp3) is 0.250. The summed E-state index contributed by atoms with van der Waals surface area (Å²) in [6.45, 7) is 7.83. The van der Waals surface area contributed by atoms with Crippen LogP contribution in [0.5, 0.6) is 0 Å². The minimum atomic E-state index is 0.821. The van der Waals surface area contributed by atoms with Crippen LogP contribution in [0.1, 0.15) is 16.8 Å². The number of aromatic nitrogens is 1. The standard InChI is InChI=1S/C16H19N3S/c1-12-8-9-18-16(13(12)2)10-20-11-19-15-7-5-4-6-14(15)17-3/h4-9,19H,3,10-11H2,1-2H3. The average molecular weight is 285 g/mol. The summed E-state index contributed by atoms with van der Waals surface area (Å²) in [6, 6.07) is 9.97. The maximum atomic E-state index is 4.44. The number of hydrogen-bond donors (Lipinski definition) is 1. The number of nitrogens with zero attached hydrogens (tertiary/aromatic N) is 2. The van der Waals surface area contributed by atoms with Gasteiger partial charge < -0.3 is 5.32 Å². The summed E-state index contributed by atoms with van der Waals surface area (Å²) in [4.78, 5) is 8.44. The fourth-order valence-corrected chi connectivity index (χ4v) is 2.72. The lowest BCUT2D eigenvalue weighted by Crippen LogP contribution is -2.00. The number of nitrogens with one attached hydrogen (secondary N) is 1. The number of thioether (sulfide) groups is 1. The molecule has 0 fully saturated rings. The van der Waals surface area contributed by atoms with Gasteiger partial charge in [-0.25, -0.2) is 0 Å². The molecule has 0 aliphatic heterocycles. The van der Waals surface area contributed by atoms with E-state index in [9.17, 15) is 0 Å². The second kappa shape index (κ2) is 7.10. The topological polar surface area (TPSA) is 37.3 Å². The molecule has 1 N–H and O–H groups in total. The highest BCUT2D eigenvalue weighted by molar-refractivity contribution is 7.98. The minimum absolute atomic E-state index is 0.821. The molecule has 1 heterocycles. The third kappa shape index (κ3) is 3.61. The Labute approximate surface area is 124 Å². The third-order valence-corrected chi connectivity index (χ3v) is 4.08. The molecule has 0 unspecified atom stereocenters. The Bertz CT molecular complexity index is 596. The number of rotatable bonds is 6. The molecule has 1 aromatic heterocycles. The van der Waals surface area contributed by atoms with Gasteiger partial charge in [0.1, 0.15) is 0 Å². The van der Waals surface area contributed by atoms with Gasteiger partial charge >= 0.3 is 0 Å². The molecule has 4 heteroatoms. The SMILES string of the molecule is C=Nc1ccccc1NCSCc1nccc(C)c1C. The van der Waals surface area contributed by atoms with E-state index < -0.39 is 0 Å². The van der Waals surface area contributed by atoms with Gasteiger partial charge in [-0.3, -0.25) is 9.98 Å². The van der Waals surface area contributed by atoms with Crippen molar-refractivity contribution in [3.63, 3.8) is 0 Å². The molecule has 0 saturated heterocycles. The lowest BCUT2D eigenvalue weighted by Gasteiger charge is -2.10. The van der Waals surface area contributed by atoms with Gasteiger partial charge in [0.15, 0.2) is 0 Å². The molecule has 0 atom stereocenters. The van der Waals surface area contributed by atoms with Crippen molar-refractivity contribution in [2.45, 2.75) is 19.6 Å². The summed E-state index contributed by atoms with van der Waals surface area (Å²) < 4.78 is 0. The van der Waals surface area contributed by atoms with Crippen LogP contribution < -0.4 is 5.32 Å². The monoisotopic (exact) mass is 285 g/mol. The zero-order valence-corrected chi connectivity index (χ0v) is 12.7. The molecule has 0 spiro atoms. The molecule has 0 saturated carbocycles. The number of hydrogen-bond acceptors (Lipinski definition) is 4. The highest BCUT2D eigenvalue weighted by atomic mass is 32.2. The van der Waals surface area contributed by atoms with Gasteiger partial charge in [0.25, 0.3) is 0 Å². The molecule has 0 amide bonds. The second-order valence-electron chi connectivity index (χ2n) is 4.54. The number of benzene rings is 1. The van der Waals surface area contributed by atoms with E-state index in [0.29, 0.717) is 0 Å². The first-order chi connectivity index (χ1) is 9.72. The molecular weight excluding hydrogens is 266 g/mol. The molecule has 3 nitrogen and oxygen atoms in total. The Hall–Kier alpha value is -1.81. The molecule has 2 aromatic rings. The Morgan fingerprint density at radius 2 is 2.05 bits per heavy atom. The van der Waals surface area contributed by atoms with Crippen molar-refractivity contribution in [1.29, 1.82) is 0 Å². The summed E-state index contributed by atoms with van der Waals surface area (Å²) in [5, 5.41) is 3.37. The van der Waals surface area contributed by atoms with Crippen molar-refractivity contribution < 1.29 is 0 Å². The molecule has 0 radical (unpaired) electrons. The van der Waals surface area contributed by atoms with E-state index in [-0.39, 0.29) is 0 Å². The van der Waals surface area contributed by atoms with Crippen molar-refractivity contribution in [3.05, 3.63) is 53.3 Å². The van der Waals surface area contributed by atoms with Gasteiger partial charge in [0.05, 0.1) is 22.9 Å². The van der Waals surface area contributed by atoms with E-state index in [4.69, 9.17) is 0 Å². The van der Waals surface area contributed by atoms with Crippen molar-refractivity contribution >= 4 is 29.9 Å².